The molecular weight excluding hydrogens is 254 g/mol. The number of hydrogen-bond donors (Lipinski definition) is 1. The summed E-state index contributed by atoms with van der Waals surface area (Å²) in [5, 5.41) is 0. The molecule has 114 valence electrons. The molecule has 0 amide bonds. The molecule has 0 radical (unpaired) electrons. The van der Waals surface area contributed by atoms with Crippen molar-refractivity contribution in [2.24, 2.45) is 35.3 Å². The van der Waals surface area contributed by atoms with Crippen LogP contribution < -0.4 is 5.73 Å². The highest BCUT2D eigenvalue weighted by molar-refractivity contribution is 5.27. The SMILES string of the molecule is CC(C)c1ccc(C(N)C2C3CC4CC(C3)CC2C4)cc1. The number of benzene rings is 1. The number of hydrogen-bond acceptors (Lipinski definition) is 1. The maximum absolute atomic E-state index is 6.75. The van der Waals surface area contributed by atoms with Gasteiger partial charge in [-0.15, -0.1) is 0 Å². The Hall–Kier alpha value is -0.820. The van der Waals surface area contributed by atoms with Crippen molar-refractivity contribution in [1.82, 2.24) is 0 Å². The molecule has 0 aromatic heterocycles. The molecule has 1 aromatic rings. The van der Waals surface area contributed by atoms with Crippen molar-refractivity contribution in [2.75, 3.05) is 0 Å². The van der Waals surface area contributed by atoms with Crippen molar-refractivity contribution in [3.63, 3.8) is 0 Å². The van der Waals surface area contributed by atoms with Gasteiger partial charge >= 0.3 is 0 Å². The van der Waals surface area contributed by atoms with Crippen molar-refractivity contribution in [3.8, 4) is 0 Å². The van der Waals surface area contributed by atoms with Gasteiger partial charge in [0.1, 0.15) is 0 Å². The Balaban J connectivity index is 1.55. The fraction of sp³-hybridized carbons (Fsp3) is 0.700. The summed E-state index contributed by atoms with van der Waals surface area (Å²) in [6, 6.07) is 9.43. The summed E-state index contributed by atoms with van der Waals surface area (Å²) in [6.07, 6.45) is 7.40. The summed E-state index contributed by atoms with van der Waals surface area (Å²) in [5.74, 6) is 5.28. The lowest BCUT2D eigenvalue weighted by Gasteiger charge is -2.56. The Morgan fingerprint density at radius 1 is 0.810 bits per heavy atom. The molecule has 1 nitrogen and oxygen atoms in total. The van der Waals surface area contributed by atoms with Crippen molar-refractivity contribution < 1.29 is 0 Å². The van der Waals surface area contributed by atoms with Crippen LogP contribution in [0.2, 0.25) is 0 Å². The number of nitrogens with two attached hydrogens (primary N) is 1. The summed E-state index contributed by atoms with van der Waals surface area (Å²) in [6.45, 7) is 4.51. The standard InChI is InChI=1S/C20H29N/c1-12(2)15-3-5-16(6-4-15)20(21)19-17-8-13-7-14(10-17)11-18(19)9-13/h3-6,12-14,17-20H,7-11,21H2,1-2H3. The molecule has 0 heterocycles. The van der Waals surface area contributed by atoms with Crippen LogP contribution in [0.3, 0.4) is 0 Å². The van der Waals surface area contributed by atoms with Crippen molar-refractivity contribution in [2.45, 2.75) is 57.9 Å². The molecule has 4 saturated carbocycles. The van der Waals surface area contributed by atoms with Crippen LogP contribution in [0.15, 0.2) is 24.3 Å². The van der Waals surface area contributed by atoms with E-state index in [1.165, 1.54) is 43.2 Å². The highest BCUT2D eigenvalue weighted by atomic mass is 14.7. The summed E-state index contributed by atoms with van der Waals surface area (Å²) in [4.78, 5) is 0. The molecule has 1 atom stereocenters. The lowest BCUT2D eigenvalue weighted by Crippen LogP contribution is -2.48. The monoisotopic (exact) mass is 283 g/mol. The zero-order chi connectivity index (χ0) is 14.6. The third-order valence-electron chi connectivity index (χ3n) is 6.70. The quantitative estimate of drug-likeness (QED) is 0.840. The van der Waals surface area contributed by atoms with Crippen LogP contribution in [0.4, 0.5) is 0 Å². The Morgan fingerprint density at radius 2 is 1.29 bits per heavy atom. The molecule has 4 fully saturated rings. The van der Waals surface area contributed by atoms with Crippen molar-refractivity contribution in [1.29, 1.82) is 0 Å². The molecule has 5 rings (SSSR count). The van der Waals surface area contributed by atoms with E-state index >= 15 is 0 Å². The van der Waals surface area contributed by atoms with Gasteiger partial charge in [-0.2, -0.15) is 0 Å². The largest absolute Gasteiger partial charge is 0.324 e. The van der Waals surface area contributed by atoms with Crippen LogP contribution in [0.1, 0.15) is 69.0 Å². The summed E-state index contributed by atoms with van der Waals surface area (Å²) in [5.41, 5.74) is 9.55. The topological polar surface area (TPSA) is 26.0 Å². The van der Waals surface area contributed by atoms with Crippen LogP contribution in [-0.2, 0) is 0 Å². The number of rotatable bonds is 3. The molecule has 0 saturated heterocycles. The maximum Gasteiger partial charge on any atom is 0.0328 e. The first kappa shape index (κ1) is 13.8. The smallest absolute Gasteiger partial charge is 0.0328 e. The molecular formula is C20H29N. The van der Waals surface area contributed by atoms with E-state index in [1.54, 1.807) is 0 Å². The van der Waals surface area contributed by atoms with Gasteiger partial charge < -0.3 is 5.73 Å². The summed E-state index contributed by atoms with van der Waals surface area (Å²) < 4.78 is 0. The summed E-state index contributed by atoms with van der Waals surface area (Å²) >= 11 is 0. The maximum atomic E-state index is 6.75. The predicted molar refractivity (Wildman–Crippen MR) is 88.0 cm³/mol. The van der Waals surface area contributed by atoms with Crippen LogP contribution in [-0.4, -0.2) is 0 Å². The molecule has 4 bridgehead atoms. The Morgan fingerprint density at radius 3 is 1.76 bits per heavy atom. The normalized spacial score (nSPS) is 39.0. The van der Waals surface area contributed by atoms with Gasteiger partial charge in [0.05, 0.1) is 0 Å². The van der Waals surface area contributed by atoms with Crippen molar-refractivity contribution in [3.05, 3.63) is 35.4 Å². The fourth-order valence-corrected chi connectivity index (χ4v) is 5.88. The van der Waals surface area contributed by atoms with Gasteiger partial charge in [-0.25, -0.2) is 0 Å². The fourth-order valence-electron chi connectivity index (χ4n) is 5.88. The predicted octanol–water partition coefficient (Wildman–Crippen LogP) is 4.88. The molecule has 1 heteroatoms. The molecule has 0 aliphatic heterocycles. The Bertz CT molecular complexity index is 473. The molecule has 0 spiro atoms. The molecule has 4 aliphatic rings. The Labute approximate surface area is 129 Å². The van der Waals surface area contributed by atoms with E-state index in [0.717, 1.165) is 29.6 Å². The highest BCUT2D eigenvalue weighted by Gasteiger charge is 2.49. The minimum Gasteiger partial charge on any atom is -0.324 e. The van der Waals surface area contributed by atoms with Crippen LogP contribution in [0, 0.1) is 29.6 Å². The van der Waals surface area contributed by atoms with Gasteiger partial charge in [-0.3, -0.25) is 0 Å². The van der Waals surface area contributed by atoms with Gasteiger partial charge in [-0.1, -0.05) is 38.1 Å². The third-order valence-corrected chi connectivity index (χ3v) is 6.70. The minimum atomic E-state index is 0.265. The average Bonchev–Trinajstić information content (AvgIpc) is 2.46. The van der Waals surface area contributed by atoms with E-state index in [0.29, 0.717) is 5.92 Å². The van der Waals surface area contributed by atoms with Gasteiger partial charge in [0.25, 0.3) is 0 Å². The van der Waals surface area contributed by atoms with E-state index in [2.05, 4.69) is 38.1 Å². The van der Waals surface area contributed by atoms with Crippen LogP contribution in [0.5, 0.6) is 0 Å². The second kappa shape index (κ2) is 5.12. The highest BCUT2D eigenvalue weighted by Crippen LogP contribution is 2.58. The second-order valence-electron chi connectivity index (χ2n) is 8.36. The zero-order valence-corrected chi connectivity index (χ0v) is 13.5. The van der Waals surface area contributed by atoms with Gasteiger partial charge in [0.15, 0.2) is 0 Å². The molecule has 1 aromatic carbocycles. The van der Waals surface area contributed by atoms with Gasteiger partial charge in [-0.05, 0) is 78.7 Å². The van der Waals surface area contributed by atoms with Gasteiger partial charge in [0, 0.05) is 6.04 Å². The average molecular weight is 283 g/mol. The first-order chi connectivity index (χ1) is 10.1. The lowest BCUT2D eigenvalue weighted by atomic mass is 9.50. The third kappa shape index (κ3) is 2.34. The van der Waals surface area contributed by atoms with E-state index in [4.69, 9.17) is 5.73 Å². The van der Waals surface area contributed by atoms with E-state index < -0.39 is 0 Å². The Kier molecular flexibility index (Phi) is 3.37. The molecule has 1 unspecified atom stereocenters. The molecule has 21 heavy (non-hydrogen) atoms. The van der Waals surface area contributed by atoms with E-state index in [1.807, 2.05) is 0 Å². The van der Waals surface area contributed by atoms with Crippen LogP contribution >= 0.6 is 0 Å². The molecule has 4 aliphatic carbocycles. The second-order valence-corrected chi connectivity index (χ2v) is 8.36. The zero-order valence-electron chi connectivity index (χ0n) is 13.5. The van der Waals surface area contributed by atoms with Crippen LogP contribution in [0.25, 0.3) is 0 Å². The van der Waals surface area contributed by atoms with Gasteiger partial charge in [0.2, 0.25) is 0 Å². The van der Waals surface area contributed by atoms with Crippen molar-refractivity contribution >= 4 is 0 Å². The van der Waals surface area contributed by atoms with E-state index in [-0.39, 0.29) is 6.04 Å². The first-order valence-corrected chi connectivity index (χ1v) is 8.97. The summed E-state index contributed by atoms with van der Waals surface area (Å²) in [7, 11) is 0. The first-order valence-electron chi connectivity index (χ1n) is 8.97. The minimum absolute atomic E-state index is 0.265. The van der Waals surface area contributed by atoms with E-state index in [9.17, 15) is 0 Å². The molecule has 2 N–H and O–H groups in total. The lowest BCUT2D eigenvalue weighted by molar-refractivity contribution is -0.0471.